The average molecular weight is 451 g/mol. The maximum absolute atomic E-state index is 6.32. The molecule has 0 N–H and O–H groups in total. The zero-order valence-electron chi connectivity index (χ0n) is 22.9. The van der Waals surface area contributed by atoms with Gasteiger partial charge in [0.1, 0.15) is 0 Å². The smallest absolute Gasteiger partial charge is 0.176 e. The fourth-order valence-corrected chi connectivity index (χ4v) is 8.47. The summed E-state index contributed by atoms with van der Waals surface area (Å²) in [5, 5.41) is 0. The highest BCUT2D eigenvalue weighted by Gasteiger charge is 2.70. The molecule has 5 fully saturated rings. The highest BCUT2D eigenvalue weighted by molar-refractivity contribution is 5.16. The predicted octanol–water partition coefficient (Wildman–Crippen LogP) is 7.87. The van der Waals surface area contributed by atoms with Crippen LogP contribution < -0.4 is 0 Å². The molecule has 7 atom stereocenters. The summed E-state index contributed by atoms with van der Waals surface area (Å²) >= 11 is 0. The molecule has 0 amide bonds. The van der Waals surface area contributed by atoms with E-state index in [2.05, 4.69) is 41.5 Å². The van der Waals surface area contributed by atoms with Gasteiger partial charge in [-0.05, 0) is 73.0 Å². The van der Waals surface area contributed by atoms with Crippen molar-refractivity contribution in [3.05, 3.63) is 0 Å². The second-order valence-electron chi connectivity index (χ2n) is 13.1. The molecule has 4 aliphatic carbocycles. The van der Waals surface area contributed by atoms with Crippen molar-refractivity contribution in [3.63, 3.8) is 0 Å². The molecular weight excluding hydrogens is 396 g/mol. The van der Waals surface area contributed by atoms with E-state index in [9.17, 15) is 0 Å². The Labute approximate surface area is 199 Å². The number of hydrogen-bond donors (Lipinski definition) is 0. The minimum Gasteiger partial charge on any atom is -0.381 e. The Morgan fingerprint density at radius 2 is 1.44 bits per heavy atom. The first-order chi connectivity index (χ1) is 15.1. The van der Waals surface area contributed by atoms with E-state index in [0.717, 1.165) is 37.4 Å². The quantitative estimate of drug-likeness (QED) is 0.407. The summed E-state index contributed by atoms with van der Waals surface area (Å²) in [6, 6.07) is 0. The third kappa shape index (κ3) is 4.44. The molecule has 5 aliphatic rings. The van der Waals surface area contributed by atoms with Gasteiger partial charge in [-0.3, -0.25) is 0 Å². The first-order valence-electron chi connectivity index (χ1n) is 13.9. The summed E-state index contributed by atoms with van der Waals surface area (Å²) in [7, 11) is 1.93. The fourth-order valence-electron chi connectivity index (χ4n) is 8.47. The van der Waals surface area contributed by atoms with Crippen molar-refractivity contribution in [1.82, 2.24) is 0 Å². The first kappa shape index (κ1) is 26.5. The summed E-state index contributed by atoms with van der Waals surface area (Å²) in [5.41, 5.74) is 1.07. The first-order valence-corrected chi connectivity index (χ1v) is 13.9. The normalized spacial score (nSPS) is 44.3. The molecule has 3 heteroatoms. The molecule has 1 heterocycles. The summed E-state index contributed by atoms with van der Waals surface area (Å²) < 4.78 is 18.8. The fraction of sp³-hybridized carbons (Fsp3) is 1.00. The molecule has 1 spiro atoms. The average Bonchev–Trinajstić information content (AvgIpc) is 3.34. The van der Waals surface area contributed by atoms with Crippen LogP contribution in [0.1, 0.15) is 113 Å². The van der Waals surface area contributed by atoms with Crippen molar-refractivity contribution in [2.24, 2.45) is 39.9 Å². The summed E-state index contributed by atoms with van der Waals surface area (Å²) in [6.45, 7) is 19.3. The molecule has 0 bridgehead atoms. The van der Waals surface area contributed by atoms with Crippen LogP contribution in [0.15, 0.2) is 0 Å². The van der Waals surface area contributed by atoms with Crippen LogP contribution in [0.25, 0.3) is 0 Å². The number of ether oxygens (including phenoxy) is 3. The van der Waals surface area contributed by atoms with E-state index in [-0.39, 0.29) is 17.3 Å². The Hall–Kier alpha value is -0.120. The molecule has 0 radical (unpaired) electrons. The molecule has 1 aliphatic heterocycles. The number of rotatable bonds is 1. The SMILES string of the molecule is CC.CC(C)(C)C.COC1CC2C(CCC3CCCCC32C)C2CCC3(OCCO3)C12C. The van der Waals surface area contributed by atoms with Gasteiger partial charge >= 0.3 is 0 Å². The lowest BCUT2D eigenvalue weighted by Gasteiger charge is -2.62. The Kier molecular flexibility index (Phi) is 8.16. The second-order valence-corrected chi connectivity index (χ2v) is 13.1. The van der Waals surface area contributed by atoms with Crippen LogP contribution in [0.2, 0.25) is 0 Å². The molecule has 0 aromatic carbocycles. The lowest BCUT2D eigenvalue weighted by atomic mass is 9.44. The minimum atomic E-state index is -0.367. The van der Waals surface area contributed by atoms with Gasteiger partial charge in [0, 0.05) is 13.5 Å². The van der Waals surface area contributed by atoms with Crippen molar-refractivity contribution < 1.29 is 14.2 Å². The molecular formula is C29H54O3. The minimum absolute atomic E-state index is 0.0251. The number of hydrogen-bond acceptors (Lipinski definition) is 3. The van der Waals surface area contributed by atoms with Crippen LogP contribution in [0.4, 0.5) is 0 Å². The zero-order valence-corrected chi connectivity index (χ0v) is 22.9. The Morgan fingerprint density at radius 3 is 2.03 bits per heavy atom. The van der Waals surface area contributed by atoms with Gasteiger partial charge in [0.05, 0.1) is 24.7 Å². The third-order valence-electron chi connectivity index (χ3n) is 9.73. The van der Waals surface area contributed by atoms with Crippen LogP contribution in [-0.4, -0.2) is 32.2 Å². The second kappa shape index (κ2) is 9.86. The van der Waals surface area contributed by atoms with Gasteiger partial charge in [-0.2, -0.15) is 0 Å². The van der Waals surface area contributed by atoms with Crippen LogP contribution in [-0.2, 0) is 14.2 Å². The van der Waals surface area contributed by atoms with E-state index in [1.54, 1.807) is 0 Å². The van der Waals surface area contributed by atoms with Gasteiger partial charge in [0.2, 0.25) is 0 Å². The van der Waals surface area contributed by atoms with Gasteiger partial charge in [0.15, 0.2) is 5.79 Å². The predicted molar refractivity (Wildman–Crippen MR) is 134 cm³/mol. The monoisotopic (exact) mass is 450 g/mol. The number of methoxy groups -OCH3 is 1. The molecule has 4 saturated carbocycles. The lowest BCUT2D eigenvalue weighted by molar-refractivity contribution is -0.283. The van der Waals surface area contributed by atoms with Crippen LogP contribution in [0.5, 0.6) is 0 Å². The topological polar surface area (TPSA) is 27.7 Å². The molecule has 1 saturated heterocycles. The Bertz CT molecular complexity index is 598. The van der Waals surface area contributed by atoms with Gasteiger partial charge in [0.25, 0.3) is 0 Å². The van der Waals surface area contributed by atoms with Crippen molar-refractivity contribution >= 4 is 0 Å². The summed E-state index contributed by atoms with van der Waals surface area (Å²) in [6.07, 6.45) is 12.5. The van der Waals surface area contributed by atoms with E-state index in [1.165, 1.54) is 51.4 Å². The molecule has 0 aromatic rings. The number of fused-ring (bicyclic) bond motifs is 6. The molecule has 188 valence electrons. The molecule has 3 nitrogen and oxygen atoms in total. The highest BCUT2D eigenvalue weighted by Crippen LogP contribution is 2.69. The maximum Gasteiger partial charge on any atom is 0.176 e. The molecule has 0 aromatic heterocycles. The van der Waals surface area contributed by atoms with E-state index >= 15 is 0 Å². The molecule has 32 heavy (non-hydrogen) atoms. The Balaban J connectivity index is 0.000000368. The Morgan fingerprint density at radius 1 is 0.812 bits per heavy atom. The maximum atomic E-state index is 6.32. The van der Waals surface area contributed by atoms with Gasteiger partial charge in [-0.25, -0.2) is 0 Å². The van der Waals surface area contributed by atoms with Crippen molar-refractivity contribution in [1.29, 1.82) is 0 Å². The summed E-state index contributed by atoms with van der Waals surface area (Å²) in [4.78, 5) is 0. The van der Waals surface area contributed by atoms with Crippen LogP contribution in [0, 0.1) is 39.9 Å². The van der Waals surface area contributed by atoms with Crippen molar-refractivity contribution in [3.8, 4) is 0 Å². The standard InChI is InChI=1S/C22H36O3.C5H12.C2H6/c1-20-10-5-4-6-15(20)7-8-16-17-9-11-22(24-12-13-25-22)21(17,2)19(23-3)14-18(16)20;1-5(2,3)4;1-2/h15-19H,4-14H2,1-3H3;1-4H3;1-2H3. The van der Waals surface area contributed by atoms with Gasteiger partial charge in [-0.1, -0.05) is 68.2 Å². The van der Waals surface area contributed by atoms with E-state index in [4.69, 9.17) is 14.2 Å². The van der Waals surface area contributed by atoms with E-state index in [0.29, 0.717) is 16.7 Å². The van der Waals surface area contributed by atoms with Crippen molar-refractivity contribution in [2.75, 3.05) is 20.3 Å². The van der Waals surface area contributed by atoms with Gasteiger partial charge in [-0.15, -0.1) is 0 Å². The summed E-state index contributed by atoms with van der Waals surface area (Å²) in [5.74, 6) is 2.98. The highest BCUT2D eigenvalue weighted by atomic mass is 16.7. The third-order valence-corrected chi connectivity index (χ3v) is 9.73. The van der Waals surface area contributed by atoms with Gasteiger partial charge < -0.3 is 14.2 Å². The van der Waals surface area contributed by atoms with E-state index < -0.39 is 0 Å². The van der Waals surface area contributed by atoms with Crippen molar-refractivity contribution in [2.45, 2.75) is 125 Å². The molecule has 5 rings (SSSR count). The largest absolute Gasteiger partial charge is 0.381 e. The van der Waals surface area contributed by atoms with Crippen LogP contribution >= 0.6 is 0 Å². The van der Waals surface area contributed by atoms with E-state index in [1.807, 2.05) is 21.0 Å². The van der Waals surface area contributed by atoms with Crippen LogP contribution in [0.3, 0.4) is 0 Å². The lowest BCUT2D eigenvalue weighted by Crippen LogP contribution is -2.62. The zero-order chi connectivity index (χ0) is 23.8. The molecule has 7 unspecified atom stereocenters.